The van der Waals surface area contributed by atoms with Gasteiger partial charge >= 0.3 is 0 Å². The van der Waals surface area contributed by atoms with Crippen molar-refractivity contribution in [3.63, 3.8) is 0 Å². The molecule has 0 aromatic rings. The first-order chi connectivity index (χ1) is 8.06. The van der Waals surface area contributed by atoms with Crippen LogP contribution in [0.3, 0.4) is 0 Å². The van der Waals surface area contributed by atoms with E-state index >= 15 is 0 Å². The average Bonchev–Trinajstić information content (AvgIpc) is 2.96. The molecule has 2 heteroatoms. The molecule has 17 heavy (non-hydrogen) atoms. The highest BCUT2D eigenvalue weighted by Gasteiger charge is 2.44. The lowest BCUT2D eigenvalue weighted by molar-refractivity contribution is -0.0258. The van der Waals surface area contributed by atoms with E-state index in [0.29, 0.717) is 6.04 Å². The Balaban J connectivity index is 2.31. The van der Waals surface area contributed by atoms with E-state index in [1.54, 1.807) is 0 Å². The van der Waals surface area contributed by atoms with Crippen molar-refractivity contribution in [2.45, 2.75) is 72.6 Å². The van der Waals surface area contributed by atoms with Gasteiger partial charge in [-0.25, -0.2) is 0 Å². The third kappa shape index (κ3) is 3.69. The van der Waals surface area contributed by atoms with Gasteiger partial charge in [0.1, 0.15) is 6.23 Å². The number of hydrogen-bond donors (Lipinski definition) is 1. The van der Waals surface area contributed by atoms with Crippen molar-refractivity contribution < 1.29 is 5.11 Å². The van der Waals surface area contributed by atoms with Crippen LogP contribution in [0.1, 0.15) is 60.3 Å². The molecule has 1 fully saturated rings. The Kier molecular flexibility index (Phi) is 5.94. The first-order valence-electron chi connectivity index (χ1n) is 7.50. The molecule has 1 N–H and O–H groups in total. The van der Waals surface area contributed by atoms with Crippen LogP contribution < -0.4 is 0 Å². The van der Waals surface area contributed by atoms with Crippen molar-refractivity contribution in [3.05, 3.63) is 0 Å². The van der Waals surface area contributed by atoms with Gasteiger partial charge in [-0.15, -0.1) is 0 Å². The molecule has 1 rings (SSSR count). The zero-order chi connectivity index (χ0) is 13.0. The zero-order valence-corrected chi connectivity index (χ0v) is 12.3. The van der Waals surface area contributed by atoms with Crippen molar-refractivity contribution in [2.75, 3.05) is 6.54 Å². The van der Waals surface area contributed by atoms with Crippen LogP contribution in [0.5, 0.6) is 0 Å². The molecule has 0 aromatic carbocycles. The van der Waals surface area contributed by atoms with Gasteiger partial charge in [-0.2, -0.15) is 0 Å². The summed E-state index contributed by atoms with van der Waals surface area (Å²) in [5.74, 6) is 2.71. The van der Waals surface area contributed by atoms with E-state index in [1.165, 1.54) is 12.8 Å². The molecule has 0 aliphatic heterocycles. The standard InChI is InChI=1S/C15H31NO/c1-6-11(4)16(8-3)15(17)10-9-14-12(5)13(14)7-2/h11-15,17H,6-10H2,1-5H3/t11?,12-,13?,14?,15-/m1/s1. The summed E-state index contributed by atoms with van der Waals surface area (Å²) in [6.07, 6.45) is 4.34. The molecule has 2 nitrogen and oxygen atoms in total. The molecule has 102 valence electrons. The number of nitrogens with zero attached hydrogens (tertiary/aromatic N) is 1. The highest BCUT2D eigenvalue weighted by Crippen LogP contribution is 2.50. The molecule has 0 radical (unpaired) electrons. The first-order valence-corrected chi connectivity index (χ1v) is 7.50. The van der Waals surface area contributed by atoms with Crippen molar-refractivity contribution >= 4 is 0 Å². The Morgan fingerprint density at radius 3 is 2.24 bits per heavy atom. The SMILES string of the molecule is CCC1C(CC[C@@H](O)N(CC)C(C)CC)[C@@H]1C. The van der Waals surface area contributed by atoms with Crippen LogP contribution in [0.4, 0.5) is 0 Å². The second-order valence-electron chi connectivity index (χ2n) is 5.74. The number of aliphatic hydroxyl groups is 1. The van der Waals surface area contributed by atoms with E-state index in [2.05, 4.69) is 39.5 Å². The maximum absolute atomic E-state index is 10.3. The number of hydrogen-bond acceptors (Lipinski definition) is 2. The van der Waals surface area contributed by atoms with Gasteiger partial charge in [0.15, 0.2) is 0 Å². The second kappa shape index (κ2) is 6.75. The predicted octanol–water partition coefficient (Wildman–Crippen LogP) is 3.50. The fourth-order valence-corrected chi connectivity index (χ4v) is 3.35. The van der Waals surface area contributed by atoms with Crippen LogP contribution in [-0.2, 0) is 0 Å². The molecule has 0 bridgehead atoms. The summed E-state index contributed by atoms with van der Waals surface area (Å²) in [5, 5.41) is 10.3. The predicted molar refractivity (Wildman–Crippen MR) is 73.8 cm³/mol. The Bertz CT molecular complexity index is 219. The molecule has 1 aliphatic rings. The third-order valence-corrected chi connectivity index (χ3v) is 4.89. The normalized spacial score (nSPS) is 31.6. The monoisotopic (exact) mass is 241 g/mol. The van der Waals surface area contributed by atoms with Gasteiger partial charge in [0.2, 0.25) is 0 Å². The van der Waals surface area contributed by atoms with Crippen LogP contribution in [-0.4, -0.2) is 28.8 Å². The van der Waals surface area contributed by atoms with Gasteiger partial charge in [0, 0.05) is 6.04 Å². The van der Waals surface area contributed by atoms with E-state index < -0.39 is 0 Å². The van der Waals surface area contributed by atoms with E-state index in [1.807, 2.05) is 0 Å². The van der Waals surface area contributed by atoms with E-state index in [9.17, 15) is 5.11 Å². The molecule has 0 aromatic heterocycles. The molecule has 5 atom stereocenters. The van der Waals surface area contributed by atoms with Crippen LogP contribution in [0, 0.1) is 17.8 Å². The minimum absolute atomic E-state index is 0.236. The summed E-state index contributed by atoms with van der Waals surface area (Å²) >= 11 is 0. The Hall–Kier alpha value is -0.0800. The van der Waals surface area contributed by atoms with Gasteiger partial charge < -0.3 is 5.11 Å². The van der Waals surface area contributed by atoms with Crippen LogP contribution >= 0.6 is 0 Å². The molecule has 0 heterocycles. The molecule has 1 saturated carbocycles. The van der Waals surface area contributed by atoms with Crippen LogP contribution in [0.25, 0.3) is 0 Å². The van der Waals surface area contributed by atoms with Crippen molar-refractivity contribution in [1.82, 2.24) is 4.90 Å². The van der Waals surface area contributed by atoms with Gasteiger partial charge in [-0.05, 0) is 50.5 Å². The maximum atomic E-state index is 10.3. The molecular formula is C15H31NO. The van der Waals surface area contributed by atoms with Crippen molar-refractivity contribution in [3.8, 4) is 0 Å². The Morgan fingerprint density at radius 2 is 1.82 bits per heavy atom. The summed E-state index contributed by atoms with van der Waals surface area (Å²) < 4.78 is 0. The molecule has 1 aliphatic carbocycles. The molecule has 3 unspecified atom stereocenters. The highest BCUT2D eigenvalue weighted by molar-refractivity contribution is 4.93. The van der Waals surface area contributed by atoms with Gasteiger partial charge in [0.05, 0.1) is 0 Å². The summed E-state index contributed by atoms with van der Waals surface area (Å²) in [6, 6.07) is 0.494. The molecule has 0 spiro atoms. The Labute approximate surface area is 107 Å². The van der Waals surface area contributed by atoms with E-state index in [4.69, 9.17) is 0 Å². The molecule has 0 amide bonds. The lowest BCUT2D eigenvalue weighted by Crippen LogP contribution is -2.41. The largest absolute Gasteiger partial charge is 0.378 e. The molecular weight excluding hydrogens is 210 g/mol. The first kappa shape index (κ1) is 15.0. The topological polar surface area (TPSA) is 23.5 Å². The van der Waals surface area contributed by atoms with Crippen LogP contribution in [0.2, 0.25) is 0 Å². The summed E-state index contributed by atoms with van der Waals surface area (Å²) in [6.45, 7) is 12.1. The summed E-state index contributed by atoms with van der Waals surface area (Å²) in [4.78, 5) is 2.23. The van der Waals surface area contributed by atoms with E-state index in [0.717, 1.165) is 37.1 Å². The smallest absolute Gasteiger partial charge is 0.107 e. The summed E-state index contributed by atoms with van der Waals surface area (Å²) in [5.41, 5.74) is 0. The highest BCUT2D eigenvalue weighted by atomic mass is 16.3. The molecule has 0 saturated heterocycles. The van der Waals surface area contributed by atoms with Crippen molar-refractivity contribution in [1.29, 1.82) is 0 Å². The fraction of sp³-hybridized carbons (Fsp3) is 1.00. The van der Waals surface area contributed by atoms with Crippen molar-refractivity contribution in [2.24, 2.45) is 17.8 Å². The zero-order valence-electron chi connectivity index (χ0n) is 12.3. The van der Waals surface area contributed by atoms with Gasteiger partial charge in [-0.3, -0.25) is 4.90 Å². The van der Waals surface area contributed by atoms with Gasteiger partial charge in [-0.1, -0.05) is 34.1 Å². The maximum Gasteiger partial charge on any atom is 0.107 e. The second-order valence-corrected chi connectivity index (χ2v) is 5.74. The third-order valence-electron chi connectivity index (χ3n) is 4.89. The lowest BCUT2D eigenvalue weighted by atomic mass is 10.1. The lowest BCUT2D eigenvalue weighted by Gasteiger charge is -2.32. The average molecular weight is 241 g/mol. The fourth-order valence-electron chi connectivity index (χ4n) is 3.35. The van der Waals surface area contributed by atoms with Gasteiger partial charge in [0.25, 0.3) is 0 Å². The quantitative estimate of drug-likeness (QED) is 0.658. The van der Waals surface area contributed by atoms with E-state index in [-0.39, 0.29) is 6.23 Å². The van der Waals surface area contributed by atoms with Crippen LogP contribution in [0.15, 0.2) is 0 Å². The minimum atomic E-state index is -0.236. The number of aliphatic hydroxyl groups excluding tert-OH is 1. The number of rotatable bonds is 8. The minimum Gasteiger partial charge on any atom is -0.378 e. The summed E-state index contributed by atoms with van der Waals surface area (Å²) in [7, 11) is 0. The Morgan fingerprint density at radius 1 is 1.18 bits per heavy atom.